The van der Waals surface area contributed by atoms with Crippen molar-refractivity contribution in [2.24, 2.45) is 5.73 Å². The zero-order chi connectivity index (χ0) is 16.4. The Kier molecular flexibility index (Phi) is 4.49. The number of benzene rings is 2. The van der Waals surface area contributed by atoms with Gasteiger partial charge in [0.2, 0.25) is 5.91 Å². The Balaban J connectivity index is 1.74. The Hall–Kier alpha value is -2.13. The summed E-state index contributed by atoms with van der Waals surface area (Å²) in [6.07, 6.45) is 0.998. The molecule has 0 aromatic heterocycles. The molecule has 0 spiro atoms. The molecule has 1 aliphatic rings. The van der Waals surface area contributed by atoms with Crippen LogP contribution in [0.2, 0.25) is 0 Å². The Morgan fingerprint density at radius 3 is 2.43 bits per heavy atom. The first kappa shape index (κ1) is 15.8. The van der Waals surface area contributed by atoms with Crippen LogP contribution < -0.4 is 5.73 Å². The monoisotopic (exact) mass is 308 g/mol. The van der Waals surface area contributed by atoms with Crippen molar-refractivity contribution >= 4 is 5.91 Å². The van der Waals surface area contributed by atoms with Gasteiger partial charge in [0.05, 0.1) is 0 Å². The molecule has 1 heterocycles. The van der Waals surface area contributed by atoms with Gasteiger partial charge < -0.3 is 10.6 Å². The lowest BCUT2D eigenvalue weighted by Crippen LogP contribution is -2.41. The summed E-state index contributed by atoms with van der Waals surface area (Å²) >= 11 is 0. The minimum Gasteiger partial charge on any atom is -0.338 e. The van der Waals surface area contributed by atoms with Crippen LogP contribution in [0.15, 0.2) is 54.6 Å². The van der Waals surface area contributed by atoms with Gasteiger partial charge >= 0.3 is 0 Å². The van der Waals surface area contributed by atoms with E-state index in [1.165, 1.54) is 11.1 Å². The van der Waals surface area contributed by atoms with Crippen molar-refractivity contribution in [2.45, 2.75) is 38.3 Å². The number of carbonyl (C=O) groups is 1. The molecular weight excluding hydrogens is 284 g/mol. The van der Waals surface area contributed by atoms with E-state index < -0.39 is 6.04 Å². The van der Waals surface area contributed by atoms with Crippen LogP contribution in [0.1, 0.15) is 42.0 Å². The van der Waals surface area contributed by atoms with E-state index in [0.29, 0.717) is 5.92 Å². The average molecular weight is 308 g/mol. The average Bonchev–Trinajstić information content (AvgIpc) is 2.96. The number of rotatable bonds is 3. The van der Waals surface area contributed by atoms with Crippen molar-refractivity contribution in [3.8, 4) is 0 Å². The molecule has 3 nitrogen and oxygen atoms in total. The second-order valence-corrected chi connectivity index (χ2v) is 6.47. The highest BCUT2D eigenvalue weighted by molar-refractivity contribution is 5.83. The predicted molar refractivity (Wildman–Crippen MR) is 93.1 cm³/mol. The number of hydrogen-bond acceptors (Lipinski definition) is 2. The molecule has 1 aliphatic heterocycles. The largest absolute Gasteiger partial charge is 0.338 e. The van der Waals surface area contributed by atoms with E-state index in [2.05, 4.69) is 31.2 Å². The van der Waals surface area contributed by atoms with E-state index in [0.717, 1.165) is 18.5 Å². The molecule has 1 saturated heterocycles. The quantitative estimate of drug-likeness (QED) is 0.944. The van der Waals surface area contributed by atoms with Gasteiger partial charge in [-0.2, -0.15) is 0 Å². The Morgan fingerprint density at radius 1 is 1.13 bits per heavy atom. The van der Waals surface area contributed by atoms with Gasteiger partial charge in [-0.15, -0.1) is 0 Å². The highest BCUT2D eigenvalue weighted by atomic mass is 16.2. The van der Waals surface area contributed by atoms with Gasteiger partial charge in [-0.25, -0.2) is 0 Å². The maximum absolute atomic E-state index is 12.8. The molecule has 1 fully saturated rings. The second-order valence-electron chi connectivity index (χ2n) is 6.47. The third-order valence-corrected chi connectivity index (χ3v) is 4.97. The molecule has 0 bridgehead atoms. The topological polar surface area (TPSA) is 46.3 Å². The fourth-order valence-electron chi connectivity index (χ4n) is 3.49. The van der Waals surface area contributed by atoms with Crippen molar-refractivity contribution in [2.75, 3.05) is 6.54 Å². The van der Waals surface area contributed by atoms with Crippen LogP contribution in [0.25, 0.3) is 0 Å². The Morgan fingerprint density at radius 2 is 1.78 bits per heavy atom. The number of hydrogen-bond donors (Lipinski definition) is 1. The molecule has 1 amide bonds. The van der Waals surface area contributed by atoms with Crippen LogP contribution in [0, 0.1) is 6.92 Å². The minimum absolute atomic E-state index is 0.0276. The smallest absolute Gasteiger partial charge is 0.244 e. The van der Waals surface area contributed by atoms with Gasteiger partial charge in [0.25, 0.3) is 0 Å². The minimum atomic E-state index is -0.576. The van der Waals surface area contributed by atoms with Gasteiger partial charge in [0.15, 0.2) is 0 Å². The van der Waals surface area contributed by atoms with E-state index >= 15 is 0 Å². The molecule has 2 aromatic carbocycles. The van der Waals surface area contributed by atoms with Crippen LogP contribution in [0.5, 0.6) is 0 Å². The molecule has 3 rings (SSSR count). The van der Waals surface area contributed by atoms with Gasteiger partial charge in [-0.05, 0) is 31.4 Å². The summed E-state index contributed by atoms with van der Waals surface area (Å²) in [7, 11) is 0. The van der Waals surface area contributed by atoms with Gasteiger partial charge in [-0.1, -0.05) is 60.2 Å². The molecule has 3 atom stereocenters. The van der Waals surface area contributed by atoms with E-state index in [1.807, 2.05) is 42.2 Å². The Bertz CT molecular complexity index is 666. The molecule has 2 aromatic rings. The maximum Gasteiger partial charge on any atom is 0.244 e. The molecule has 23 heavy (non-hydrogen) atoms. The summed E-state index contributed by atoms with van der Waals surface area (Å²) in [6.45, 7) is 4.94. The Labute approximate surface area is 138 Å². The number of nitrogens with two attached hydrogens (primary N) is 1. The molecule has 3 unspecified atom stereocenters. The molecular formula is C20H24N2O. The van der Waals surface area contributed by atoms with Gasteiger partial charge in [0, 0.05) is 18.5 Å². The standard InChI is InChI=1S/C20H24N2O/c1-14-8-10-17(11-9-14)19(21)20(23)22-13-12-18(15(22)2)16-6-4-3-5-7-16/h3-11,15,18-19H,12-13,21H2,1-2H3. The highest BCUT2D eigenvalue weighted by Gasteiger charge is 2.36. The number of nitrogens with zero attached hydrogens (tertiary/aromatic N) is 1. The third kappa shape index (κ3) is 3.15. The zero-order valence-electron chi connectivity index (χ0n) is 13.8. The summed E-state index contributed by atoms with van der Waals surface area (Å²) in [6, 6.07) is 18.0. The normalized spacial score (nSPS) is 22.1. The second kappa shape index (κ2) is 6.55. The van der Waals surface area contributed by atoms with Crippen molar-refractivity contribution in [3.05, 3.63) is 71.3 Å². The number of carbonyl (C=O) groups excluding carboxylic acids is 1. The number of likely N-dealkylation sites (tertiary alicyclic amines) is 1. The SMILES string of the molecule is Cc1ccc(C(N)C(=O)N2CCC(c3ccccc3)C2C)cc1. The summed E-state index contributed by atoms with van der Waals surface area (Å²) in [5.41, 5.74) is 9.59. The van der Waals surface area contributed by atoms with E-state index in [1.54, 1.807) is 0 Å². The zero-order valence-corrected chi connectivity index (χ0v) is 13.8. The first-order valence-corrected chi connectivity index (χ1v) is 8.25. The van der Waals surface area contributed by atoms with Crippen molar-refractivity contribution in [3.63, 3.8) is 0 Å². The summed E-state index contributed by atoms with van der Waals surface area (Å²) in [5, 5.41) is 0. The first-order chi connectivity index (χ1) is 11.1. The maximum atomic E-state index is 12.8. The van der Waals surface area contributed by atoms with Gasteiger partial charge in [-0.3, -0.25) is 4.79 Å². The van der Waals surface area contributed by atoms with Crippen LogP contribution in [0.4, 0.5) is 0 Å². The van der Waals surface area contributed by atoms with E-state index in [9.17, 15) is 4.79 Å². The van der Waals surface area contributed by atoms with Crippen LogP contribution in [0.3, 0.4) is 0 Å². The molecule has 0 radical (unpaired) electrons. The lowest BCUT2D eigenvalue weighted by atomic mass is 9.92. The molecule has 0 aliphatic carbocycles. The third-order valence-electron chi connectivity index (χ3n) is 4.97. The fraction of sp³-hybridized carbons (Fsp3) is 0.350. The molecule has 0 saturated carbocycles. The lowest BCUT2D eigenvalue weighted by molar-refractivity contribution is -0.133. The summed E-state index contributed by atoms with van der Waals surface area (Å²) < 4.78 is 0. The molecule has 3 heteroatoms. The summed E-state index contributed by atoms with van der Waals surface area (Å²) in [5.74, 6) is 0.421. The molecule has 120 valence electrons. The highest BCUT2D eigenvalue weighted by Crippen LogP contribution is 2.34. The van der Waals surface area contributed by atoms with E-state index in [4.69, 9.17) is 5.73 Å². The van der Waals surface area contributed by atoms with Crippen LogP contribution in [-0.2, 0) is 4.79 Å². The van der Waals surface area contributed by atoms with Crippen molar-refractivity contribution in [1.82, 2.24) is 4.90 Å². The predicted octanol–water partition coefficient (Wildman–Crippen LogP) is 3.40. The van der Waals surface area contributed by atoms with Crippen molar-refractivity contribution in [1.29, 1.82) is 0 Å². The van der Waals surface area contributed by atoms with E-state index in [-0.39, 0.29) is 11.9 Å². The molecule has 2 N–H and O–H groups in total. The van der Waals surface area contributed by atoms with Gasteiger partial charge in [0.1, 0.15) is 6.04 Å². The fourth-order valence-corrected chi connectivity index (χ4v) is 3.49. The number of aryl methyl sites for hydroxylation is 1. The van der Waals surface area contributed by atoms with Crippen molar-refractivity contribution < 1.29 is 4.79 Å². The van der Waals surface area contributed by atoms with Crippen LogP contribution >= 0.6 is 0 Å². The van der Waals surface area contributed by atoms with Crippen LogP contribution in [-0.4, -0.2) is 23.4 Å². The summed E-state index contributed by atoms with van der Waals surface area (Å²) in [4.78, 5) is 14.8. The number of amides is 1. The lowest BCUT2D eigenvalue weighted by Gasteiger charge is -2.27. The first-order valence-electron chi connectivity index (χ1n) is 8.25.